The molecule has 0 aliphatic rings. The molecule has 0 aliphatic heterocycles. The molecule has 0 bridgehead atoms. The Morgan fingerprint density at radius 1 is 1.50 bits per heavy atom. The van der Waals surface area contributed by atoms with E-state index in [1.54, 1.807) is 12.3 Å². The molecule has 20 heavy (non-hydrogen) atoms. The topological polar surface area (TPSA) is 84.3 Å². The van der Waals surface area contributed by atoms with Crippen molar-refractivity contribution in [1.29, 1.82) is 0 Å². The fourth-order valence-corrected chi connectivity index (χ4v) is 2.29. The van der Waals surface area contributed by atoms with Gasteiger partial charge in [0.1, 0.15) is 0 Å². The van der Waals surface area contributed by atoms with E-state index in [9.17, 15) is 4.79 Å². The van der Waals surface area contributed by atoms with Crippen molar-refractivity contribution in [3.8, 4) is 5.88 Å². The van der Waals surface area contributed by atoms with Crippen LogP contribution in [-0.4, -0.2) is 27.7 Å². The van der Waals surface area contributed by atoms with Crippen LogP contribution in [0.2, 0.25) is 0 Å². The number of pyridine rings is 1. The van der Waals surface area contributed by atoms with Crippen molar-refractivity contribution in [2.75, 3.05) is 11.9 Å². The zero-order valence-corrected chi connectivity index (χ0v) is 11.8. The summed E-state index contributed by atoms with van der Waals surface area (Å²) < 4.78 is 5.26. The fourth-order valence-electron chi connectivity index (χ4n) is 1.53. The molecule has 6 nitrogen and oxygen atoms in total. The Morgan fingerprint density at radius 2 is 2.35 bits per heavy atom. The molecule has 2 aromatic heterocycles. The van der Waals surface area contributed by atoms with E-state index in [0.29, 0.717) is 18.9 Å². The number of aromatic nitrogens is 2. The van der Waals surface area contributed by atoms with Crippen LogP contribution in [0.4, 0.5) is 10.8 Å². The maximum absolute atomic E-state index is 10.5. The molecule has 0 unspecified atom stereocenters. The summed E-state index contributed by atoms with van der Waals surface area (Å²) in [5.41, 5.74) is 1.59. The van der Waals surface area contributed by atoms with E-state index in [0.717, 1.165) is 16.5 Å². The molecule has 0 amide bonds. The molecule has 2 rings (SSSR count). The predicted molar refractivity (Wildman–Crippen MR) is 76.8 cm³/mol. The van der Waals surface area contributed by atoms with E-state index < -0.39 is 5.97 Å². The Balaban J connectivity index is 1.94. The molecule has 0 spiro atoms. The van der Waals surface area contributed by atoms with Crippen molar-refractivity contribution in [1.82, 2.24) is 9.97 Å². The van der Waals surface area contributed by atoms with Crippen LogP contribution < -0.4 is 10.1 Å². The average Bonchev–Trinajstić information content (AvgIpc) is 2.87. The fraction of sp³-hybridized carbons (Fsp3) is 0.308. The molecule has 7 heteroatoms. The van der Waals surface area contributed by atoms with Gasteiger partial charge in [0.05, 0.1) is 30.6 Å². The number of aliphatic carboxylic acids is 1. The third kappa shape index (κ3) is 4.20. The average molecular weight is 293 g/mol. The summed E-state index contributed by atoms with van der Waals surface area (Å²) in [6, 6.07) is 3.64. The van der Waals surface area contributed by atoms with Gasteiger partial charge in [0.15, 0.2) is 5.13 Å². The molecule has 106 valence electrons. The molecule has 0 radical (unpaired) electrons. The van der Waals surface area contributed by atoms with Gasteiger partial charge in [-0.1, -0.05) is 0 Å². The van der Waals surface area contributed by atoms with Crippen LogP contribution >= 0.6 is 11.3 Å². The van der Waals surface area contributed by atoms with Crippen molar-refractivity contribution in [2.45, 2.75) is 19.8 Å². The Kier molecular flexibility index (Phi) is 4.89. The number of hydrogen-bond donors (Lipinski definition) is 2. The molecule has 0 atom stereocenters. The summed E-state index contributed by atoms with van der Waals surface area (Å²) in [4.78, 5) is 19.0. The first-order valence-electron chi connectivity index (χ1n) is 6.19. The van der Waals surface area contributed by atoms with Gasteiger partial charge in [-0.2, -0.15) is 0 Å². The number of nitrogens with zero attached hydrogens (tertiary/aromatic N) is 2. The molecule has 0 aromatic carbocycles. The number of hydrogen-bond acceptors (Lipinski definition) is 6. The van der Waals surface area contributed by atoms with Crippen molar-refractivity contribution in [3.05, 3.63) is 29.4 Å². The predicted octanol–water partition coefficient (Wildman–Crippen LogP) is 2.70. The van der Waals surface area contributed by atoms with Crippen LogP contribution in [0.3, 0.4) is 0 Å². The Morgan fingerprint density at radius 3 is 3.00 bits per heavy atom. The summed E-state index contributed by atoms with van der Waals surface area (Å²) >= 11 is 1.44. The Bertz CT molecular complexity index is 568. The van der Waals surface area contributed by atoms with Crippen molar-refractivity contribution >= 4 is 28.1 Å². The highest BCUT2D eigenvalue weighted by Crippen LogP contribution is 2.22. The van der Waals surface area contributed by atoms with E-state index >= 15 is 0 Å². The second-order valence-electron chi connectivity index (χ2n) is 3.98. The second kappa shape index (κ2) is 6.85. The molecule has 0 saturated heterocycles. The van der Waals surface area contributed by atoms with E-state index in [-0.39, 0.29) is 6.42 Å². The van der Waals surface area contributed by atoms with Gasteiger partial charge in [-0.05, 0) is 13.0 Å². The highest BCUT2D eigenvalue weighted by Gasteiger charge is 2.05. The van der Waals surface area contributed by atoms with E-state index in [1.165, 1.54) is 11.3 Å². The molecular formula is C13H15N3O3S. The Labute approximate surface area is 120 Å². The lowest BCUT2D eigenvalue weighted by Gasteiger charge is -2.04. The lowest BCUT2D eigenvalue weighted by atomic mass is 10.2. The SMILES string of the molecule is CCOc1ccc(Nc2nc(CCC(=O)O)cs2)cn1. The van der Waals surface area contributed by atoms with Crippen LogP contribution in [0, 0.1) is 0 Å². The van der Waals surface area contributed by atoms with Gasteiger partial charge >= 0.3 is 5.97 Å². The highest BCUT2D eigenvalue weighted by molar-refractivity contribution is 7.13. The minimum absolute atomic E-state index is 0.0911. The lowest BCUT2D eigenvalue weighted by molar-refractivity contribution is -0.136. The maximum atomic E-state index is 10.5. The lowest BCUT2D eigenvalue weighted by Crippen LogP contribution is -1.98. The number of carboxylic acid groups (broad SMARTS) is 1. The van der Waals surface area contributed by atoms with Gasteiger partial charge in [0.2, 0.25) is 5.88 Å². The van der Waals surface area contributed by atoms with Gasteiger partial charge in [-0.3, -0.25) is 4.79 Å². The van der Waals surface area contributed by atoms with Crippen LogP contribution in [0.1, 0.15) is 19.0 Å². The Hall–Kier alpha value is -2.15. The third-order valence-electron chi connectivity index (χ3n) is 2.43. The van der Waals surface area contributed by atoms with Gasteiger partial charge in [-0.25, -0.2) is 9.97 Å². The van der Waals surface area contributed by atoms with Gasteiger partial charge in [-0.15, -0.1) is 11.3 Å². The van der Waals surface area contributed by atoms with Crippen molar-refractivity contribution < 1.29 is 14.6 Å². The number of aryl methyl sites for hydroxylation is 1. The monoisotopic (exact) mass is 293 g/mol. The summed E-state index contributed by atoms with van der Waals surface area (Å²) in [6.45, 7) is 2.49. The largest absolute Gasteiger partial charge is 0.481 e. The molecule has 2 heterocycles. The quantitative estimate of drug-likeness (QED) is 0.816. The van der Waals surface area contributed by atoms with Crippen LogP contribution in [-0.2, 0) is 11.2 Å². The van der Waals surface area contributed by atoms with Crippen LogP contribution in [0.5, 0.6) is 5.88 Å². The van der Waals surface area contributed by atoms with E-state index in [2.05, 4.69) is 15.3 Å². The van der Waals surface area contributed by atoms with Crippen molar-refractivity contribution in [2.24, 2.45) is 0 Å². The first kappa shape index (κ1) is 14.3. The van der Waals surface area contributed by atoms with E-state index in [1.807, 2.05) is 18.4 Å². The van der Waals surface area contributed by atoms with Crippen LogP contribution in [0.15, 0.2) is 23.7 Å². The van der Waals surface area contributed by atoms with Gasteiger partial charge in [0, 0.05) is 17.9 Å². The second-order valence-corrected chi connectivity index (χ2v) is 4.84. The standard InChI is InChI=1S/C13H15N3O3S/c1-2-19-11-5-3-9(7-14-11)15-13-16-10(8-20-13)4-6-12(17)18/h3,5,7-8H,2,4,6H2,1H3,(H,15,16)(H,17,18). The number of anilines is 2. The molecule has 0 aliphatic carbocycles. The van der Waals surface area contributed by atoms with Gasteiger partial charge in [0.25, 0.3) is 0 Å². The molecule has 0 saturated carbocycles. The number of rotatable bonds is 7. The van der Waals surface area contributed by atoms with Crippen molar-refractivity contribution in [3.63, 3.8) is 0 Å². The number of carbonyl (C=O) groups is 1. The summed E-state index contributed by atoms with van der Waals surface area (Å²) in [6.07, 6.45) is 2.20. The number of carboxylic acids is 1. The summed E-state index contributed by atoms with van der Waals surface area (Å²) in [5.74, 6) is -0.234. The molecule has 0 fully saturated rings. The van der Waals surface area contributed by atoms with Gasteiger partial charge < -0.3 is 15.2 Å². The highest BCUT2D eigenvalue weighted by atomic mass is 32.1. The van der Waals surface area contributed by atoms with Crippen LogP contribution in [0.25, 0.3) is 0 Å². The molecule has 2 N–H and O–H groups in total. The molecule has 2 aromatic rings. The minimum atomic E-state index is -0.816. The summed E-state index contributed by atoms with van der Waals surface area (Å²) in [7, 11) is 0. The zero-order chi connectivity index (χ0) is 14.4. The summed E-state index contributed by atoms with van der Waals surface area (Å²) in [5, 5.41) is 14.3. The van der Waals surface area contributed by atoms with E-state index in [4.69, 9.17) is 9.84 Å². The maximum Gasteiger partial charge on any atom is 0.303 e. The minimum Gasteiger partial charge on any atom is -0.481 e. The first-order chi connectivity index (χ1) is 9.67. The number of nitrogens with one attached hydrogen (secondary N) is 1. The number of ether oxygens (including phenoxy) is 1. The number of thiazole rings is 1. The third-order valence-corrected chi connectivity index (χ3v) is 3.23. The normalized spacial score (nSPS) is 10.2. The molecular weight excluding hydrogens is 278 g/mol. The first-order valence-corrected chi connectivity index (χ1v) is 7.07. The zero-order valence-electron chi connectivity index (χ0n) is 11.0. The smallest absolute Gasteiger partial charge is 0.303 e.